The molecule has 1 aliphatic heterocycles. The molecule has 6 unspecified atom stereocenters. The van der Waals surface area contributed by atoms with Crippen molar-refractivity contribution in [1.29, 1.82) is 0 Å². The lowest BCUT2D eigenvalue weighted by Crippen LogP contribution is -2.52. The minimum Gasteiger partial charge on any atom is -0.462 e. The number of halogens is 4. The number of hydrogen-bond acceptors (Lipinski definition) is 10. The van der Waals surface area contributed by atoms with Crippen molar-refractivity contribution in [1.82, 2.24) is 14.6 Å². The van der Waals surface area contributed by atoms with Gasteiger partial charge < -0.3 is 24.8 Å². The van der Waals surface area contributed by atoms with Crippen molar-refractivity contribution in [3.63, 3.8) is 0 Å². The van der Waals surface area contributed by atoms with Crippen LogP contribution in [0.4, 0.5) is 23.4 Å². The minimum absolute atomic E-state index is 0.0621. The molecule has 0 aliphatic carbocycles. The van der Waals surface area contributed by atoms with E-state index in [4.69, 9.17) is 24.3 Å². The van der Waals surface area contributed by atoms with E-state index in [0.29, 0.717) is 6.20 Å². The lowest BCUT2D eigenvalue weighted by atomic mass is 9.97. The number of ether oxygens (including phenoxy) is 2. The smallest absolute Gasteiger partial charge is 0.459 e. The third-order valence-electron chi connectivity index (χ3n) is 5.48. The predicted molar refractivity (Wildman–Crippen MR) is 127 cm³/mol. The number of aliphatic hydroxyl groups excluding tert-OH is 1. The molecule has 0 radical (unpaired) electrons. The van der Waals surface area contributed by atoms with Gasteiger partial charge in [0.25, 0.3) is 6.43 Å². The van der Waals surface area contributed by atoms with Gasteiger partial charge in [-0.25, -0.2) is 26.9 Å². The summed E-state index contributed by atoms with van der Waals surface area (Å²) >= 11 is 0. The van der Waals surface area contributed by atoms with Crippen LogP contribution in [0, 0.1) is 5.82 Å². The maximum Gasteiger partial charge on any atom is 0.459 e. The number of anilines is 1. The van der Waals surface area contributed by atoms with Gasteiger partial charge in [-0.05, 0) is 32.9 Å². The van der Waals surface area contributed by atoms with Gasteiger partial charge in [0.15, 0.2) is 29.6 Å². The van der Waals surface area contributed by atoms with E-state index in [1.165, 1.54) is 31.2 Å². The van der Waals surface area contributed by atoms with Crippen LogP contribution >= 0.6 is 7.75 Å². The second-order valence-electron chi connectivity index (χ2n) is 8.83. The lowest BCUT2D eigenvalue weighted by molar-refractivity contribution is -0.193. The van der Waals surface area contributed by atoms with E-state index in [1.807, 2.05) is 0 Å². The van der Waals surface area contributed by atoms with Crippen LogP contribution in [-0.2, 0) is 23.4 Å². The van der Waals surface area contributed by atoms with Gasteiger partial charge >= 0.3 is 19.4 Å². The molecule has 2 heterocycles. The van der Waals surface area contributed by atoms with Crippen molar-refractivity contribution in [3.8, 4) is 5.75 Å². The molecule has 0 saturated carbocycles. The van der Waals surface area contributed by atoms with E-state index in [-0.39, 0.29) is 10.3 Å². The first kappa shape index (κ1) is 30.5. The molecule has 1 aromatic heterocycles. The van der Waals surface area contributed by atoms with Crippen LogP contribution in [0.5, 0.6) is 5.75 Å². The molecule has 0 amide bonds. The van der Waals surface area contributed by atoms with Gasteiger partial charge in [0.2, 0.25) is 0 Å². The van der Waals surface area contributed by atoms with E-state index in [2.05, 4.69) is 10.1 Å². The molecule has 12 nitrogen and oxygen atoms in total. The van der Waals surface area contributed by atoms with Crippen LogP contribution in [-0.4, -0.2) is 63.7 Å². The zero-order chi connectivity index (χ0) is 29.1. The highest BCUT2D eigenvalue weighted by atomic mass is 31.2. The Balaban J connectivity index is 1.92. The molecule has 2 aromatic rings. The number of hydrogen-bond donors (Lipinski definition) is 3. The number of esters is 1. The molecule has 3 rings (SSSR count). The minimum atomic E-state index is -4.75. The first-order chi connectivity index (χ1) is 18.2. The fraction of sp³-hybridized carbons (Fsp3) is 0.500. The third-order valence-corrected chi connectivity index (χ3v) is 7.10. The first-order valence-corrected chi connectivity index (χ1v) is 13.0. The van der Waals surface area contributed by atoms with Crippen molar-refractivity contribution in [2.75, 3.05) is 12.3 Å². The molecule has 0 bridgehead atoms. The molecule has 0 spiro atoms. The van der Waals surface area contributed by atoms with Crippen LogP contribution in [0.2, 0.25) is 0 Å². The molecule has 4 N–H and O–H groups in total. The SMILES string of the molecule is CC(C)OC(=O)C(C)NP(=O)(OCC1(C(F)F)OC(n2cc(F)c(N)nc2=O)C(F)C1O)Oc1ccccc1. The molecular formula is C22H27F4N4O8P. The van der Waals surface area contributed by atoms with Gasteiger partial charge in [-0.15, -0.1) is 0 Å². The number of alkyl halides is 3. The van der Waals surface area contributed by atoms with Crippen molar-refractivity contribution < 1.29 is 50.5 Å². The van der Waals surface area contributed by atoms with Crippen LogP contribution in [0.3, 0.4) is 0 Å². The van der Waals surface area contributed by atoms with Gasteiger partial charge in [-0.2, -0.15) is 10.1 Å². The average Bonchev–Trinajstić information content (AvgIpc) is 3.11. The molecule has 1 aliphatic rings. The number of nitrogens with two attached hydrogens (primary N) is 1. The quantitative estimate of drug-likeness (QED) is 0.202. The lowest BCUT2D eigenvalue weighted by Gasteiger charge is -2.32. The Hall–Kier alpha value is -3.04. The monoisotopic (exact) mass is 582 g/mol. The average molecular weight is 582 g/mol. The van der Waals surface area contributed by atoms with Crippen molar-refractivity contribution in [3.05, 3.63) is 52.8 Å². The number of para-hydroxylation sites is 1. The Morgan fingerprint density at radius 1 is 1.31 bits per heavy atom. The highest BCUT2D eigenvalue weighted by Gasteiger charge is 2.62. The van der Waals surface area contributed by atoms with E-state index >= 15 is 4.39 Å². The molecule has 1 aromatic carbocycles. The number of nitrogen functional groups attached to an aromatic ring is 1. The number of benzene rings is 1. The van der Waals surface area contributed by atoms with E-state index in [1.54, 1.807) is 19.9 Å². The maximum atomic E-state index is 15.1. The van der Waals surface area contributed by atoms with Crippen molar-refractivity contribution >= 4 is 19.5 Å². The van der Waals surface area contributed by atoms with Crippen LogP contribution in [0.15, 0.2) is 41.3 Å². The summed E-state index contributed by atoms with van der Waals surface area (Å²) in [6.07, 6.45) is -11.5. The summed E-state index contributed by atoms with van der Waals surface area (Å²) in [6, 6.07) is 5.94. The van der Waals surface area contributed by atoms with Gasteiger partial charge in [0.1, 0.15) is 17.9 Å². The summed E-state index contributed by atoms with van der Waals surface area (Å²) in [5.74, 6) is -3.05. The number of aliphatic hydroxyl groups is 1. The van der Waals surface area contributed by atoms with Crippen molar-refractivity contribution in [2.24, 2.45) is 0 Å². The number of nitrogens with zero attached hydrogens (tertiary/aromatic N) is 2. The fourth-order valence-corrected chi connectivity index (χ4v) is 5.05. The van der Waals surface area contributed by atoms with Gasteiger partial charge in [-0.1, -0.05) is 18.2 Å². The molecule has 6 atom stereocenters. The fourth-order valence-electron chi connectivity index (χ4n) is 3.52. The summed E-state index contributed by atoms with van der Waals surface area (Å²) < 4.78 is 92.0. The van der Waals surface area contributed by atoms with E-state index in [0.717, 1.165) is 0 Å². The normalized spacial score (nSPS) is 25.4. The van der Waals surface area contributed by atoms with E-state index in [9.17, 15) is 32.4 Å². The highest BCUT2D eigenvalue weighted by Crippen LogP contribution is 2.49. The molecule has 1 fully saturated rings. The molecule has 216 valence electrons. The number of rotatable bonds is 11. The second-order valence-corrected chi connectivity index (χ2v) is 10.5. The number of carbonyl (C=O) groups excluding carboxylic acids is 1. The van der Waals surface area contributed by atoms with Crippen LogP contribution in [0.25, 0.3) is 0 Å². The predicted octanol–water partition coefficient (Wildman–Crippen LogP) is 2.33. The first-order valence-electron chi connectivity index (χ1n) is 11.5. The molecule has 17 heteroatoms. The summed E-state index contributed by atoms with van der Waals surface area (Å²) in [5, 5.41) is 12.7. The van der Waals surface area contributed by atoms with Crippen LogP contribution < -0.4 is 21.0 Å². The number of carbonyl (C=O) groups is 1. The van der Waals surface area contributed by atoms with Crippen molar-refractivity contribution in [2.45, 2.75) is 63.4 Å². The largest absolute Gasteiger partial charge is 0.462 e. The van der Waals surface area contributed by atoms with E-state index < -0.39 is 80.3 Å². The Kier molecular flexibility index (Phi) is 9.39. The third kappa shape index (κ3) is 6.76. The summed E-state index contributed by atoms with van der Waals surface area (Å²) in [5.41, 5.74) is 0.618. The summed E-state index contributed by atoms with van der Waals surface area (Å²) in [4.78, 5) is 27.5. The summed E-state index contributed by atoms with van der Waals surface area (Å²) in [6.45, 7) is 2.89. The topological polar surface area (TPSA) is 164 Å². The Labute approximate surface area is 219 Å². The van der Waals surface area contributed by atoms with Crippen LogP contribution in [0.1, 0.15) is 27.0 Å². The Morgan fingerprint density at radius 3 is 2.54 bits per heavy atom. The number of nitrogens with one attached hydrogen (secondary N) is 1. The molecular weight excluding hydrogens is 555 g/mol. The molecule has 39 heavy (non-hydrogen) atoms. The zero-order valence-electron chi connectivity index (χ0n) is 20.9. The zero-order valence-corrected chi connectivity index (χ0v) is 21.8. The Bertz CT molecular complexity index is 1270. The standard InChI is InChI=1S/C22H27F4N4O8P/c1-11(2)36-19(32)12(3)29-39(34,38-13-7-5-4-6-8-13)35-10-22(20(25)26)16(31)15(24)18(37-22)30-9-14(23)17(27)28-21(30)33/h4-9,11-12,15-16,18,20,31H,10H2,1-3H3,(H,29,34)(H2,27,28,33). The number of aromatic nitrogens is 2. The highest BCUT2D eigenvalue weighted by molar-refractivity contribution is 7.52. The van der Waals surface area contributed by atoms with Gasteiger partial charge in [-0.3, -0.25) is 13.9 Å². The second kappa shape index (κ2) is 12.0. The summed E-state index contributed by atoms with van der Waals surface area (Å²) in [7, 11) is -4.75. The van der Waals surface area contributed by atoms with Gasteiger partial charge in [0, 0.05) is 0 Å². The van der Waals surface area contributed by atoms with Gasteiger partial charge in [0.05, 0.1) is 18.9 Å². The molecule has 1 saturated heterocycles. The Morgan fingerprint density at radius 2 is 1.95 bits per heavy atom. The maximum absolute atomic E-state index is 15.1.